The monoisotopic (exact) mass is 358 g/mol. The van der Waals surface area contributed by atoms with E-state index in [0.717, 1.165) is 32.3 Å². The van der Waals surface area contributed by atoms with E-state index in [1.54, 1.807) is 0 Å². The molecule has 0 N–H and O–H groups in total. The van der Waals surface area contributed by atoms with Crippen molar-refractivity contribution in [2.45, 2.75) is 103 Å². The van der Waals surface area contributed by atoms with Crippen LogP contribution in [0.3, 0.4) is 0 Å². The van der Waals surface area contributed by atoms with E-state index in [0.29, 0.717) is 0 Å². The number of rotatable bonds is 14. The van der Waals surface area contributed by atoms with Crippen LogP contribution in [0.2, 0.25) is 0 Å². The molecular formula is C20H43N2OP. The lowest BCUT2D eigenvalue weighted by Gasteiger charge is -2.29. The summed E-state index contributed by atoms with van der Waals surface area (Å²) in [6.07, 6.45) is 18.4. The highest BCUT2D eigenvalue weighted by Crippen LogP contribution is 2.17. The topological polar surface area (TPSA) is 15.7 Å². The van der Waals surface area contributed by atoms with E-state index in [9.17, 15) is 0 Å². The van der Waals surface area contributed by atoms with Crippen LogP contribution in [0.15, 0.2) is 0 Å². The SMILES string of the molecule is CCCCCCCCCCCCCC(CC)N1CCON(P)CC1. The fourth-order valence-electron chi connectivity index (χ4n) is 3.73. The van der Waals surface area contributed by atoms with Gasteiger partial charge in [-0.25, -0.2) is 0 Å². The number of hydrogen-bond donors (Lipinski definition) is 0. The molecule has 0 spiro atoms. The first-order chi connectivity index (χ1) is 11.8. The molecule has 0 amide bonds. The molecule has 0 aromatic rings. The molecule has 3 nitrogen and oxygen atoms in total. The lowest BCUT2D eigenvalue weighted by molar-refractivity contribution is -0.0625. The summed E-state index contributed by atoms with van der Waals surface area (Å²) in [4.78, 5) is 10.1. The van der Waals surface area contributed by atoms with Crippen molar-refractivity contribution in [1.82, 2.24) is 9.73 Å². The second-order valence-electron chi connectivity index (χ2n) is 7.40. The summed E-state index contributed by atoms with van der Waals surface area (Å²) in [5.41, 5.74) is 0. The molecule has 4 heteroatoms. The van der Waals surface area contributed by atoms with Crippen molar-refractivity contribution in [3.63, 3.8) is 0 Å². The van der Waals surface area contributed by atoms with Crippen molar-refractivity contribution in [2.75, 3.05) is 26.2 Å². The van der Waals surface area contributed by atoms with Gasteiger partial charge in [-0.05, 0) is 22.2 Å². The normalized spacial score (nSPS) is 18.6. The van der Waals surface area contributed by atoms with Gasteiger partial charge in [-0.3, -0.25) is 9.74 Å². The molecule has 0 aliphatic carbocycles. The Bertz CT molecular complexity index is 278. The summed E-state index contributed by atoms with van der Waals surface area (Å²) in [5, 5.41) is 0. The van der Waals surface area contributed by atoms with Crippen molar-refractivity contribution in [2.24, 2.45) is 0 Å². The first-order valence-electron chi connectivity index (χ1n) is 10.7. The van der Waals surface area contributed by atoms with E-state index < -0.39 is 0 Å². The van der Waals surface area contributed by atoms with Gasteiger partial charge in [0, 0.05) is 25.7 Å². The molecule has 0 radical (unpaired) electrons. The number of nitrogens with zero attached hydrogens (tertiary/aromatic N) is 2. The Morgan fingerprint density at radius 1 is 0.792 bits per heavy atom. The predicted octanol–water partition coefficient (Wildman–Crippen LogP) is 5.81. The van der Waals surface area contributed by atoms with Gasteiger partial charge in [-0.15, -0.1) is 0 Å². The molecule has 1 heterocycles. The molecule has 1 fully saturated rings. The third-order valence-electron chi connectivity index (χ3n) is 5.37. The van der Waals surface area contributed by atoms with Crippen LogP contribution in [-0.4, -0.2) is 42.0 Å². The zero-order chi connectivity index (χ0) is 17.5. The number of hydroxylamine groups is 1. The molecule has 1 aliphatic rings. The summed E-state index contributed by atoms with van der Waals surface area (Å²) in [6.45, 7) is 8.69. The van der Waals surface area contributed by atoms with Gasteiger partial charge in [0.15, 0.2) is 0 Å². The van der Waals surface area contributed by atoms with E-state index in [4.69, 9.17) is 4.84 Å². The minimum atomic E-state index is 0.753. The van der Waals surface area contributed by atoms with Crippen LogP contribution in [0.4, 0.5) is 0 Å². The quantitative estimate of drug-likeness (QED) is 0.288. The largest absolute Gasteiger partial charge is 0.297 e. The molecule has 0 saturated carbocycles. The number of unbranched alkanes of at least 4 members (excludes halogenated alkanes) is 10. The Kier molecular flexibility index (Phi) is 14.5. The zero-order valence-corrected chi connectivity index (χ0v) is 17.6. The van der Waals surface area contributed by atoms with Crippen LogP contribution in [0.25, 0.3) is 0 Å². The van der Waals surface area contributed by atoms with Crippen molar-refractivity contribution < 1.29 is 4.84 Å². The van der Waals surface area contributed by atoms with Crippen molar-refractivity contribution >= 4 is 9.39 Å². The second-order valence-corrected chi connectivity index (χ2v) is 7.97. The van der Waals surface area contributed by atoms with Crippen molar-refractivity contribution in [3.8, 4) is 0 Å². The zero-order valence-electron chi connectivity index (χ0n) is 16.5. The van der Waals surface area contributed by atoms with Crippen LogP contribution >= 0.6 is 9.39 Å². The Hall–Kier alpha value is 0.310. The van der Waals surface area contributed by atoms with Gasteiger partial charge in [0.2, 0.25) is 0 Å². The summed E-state index contributed by atoms with van der Waals surface area (Å²) in [5.74, 6) is 0. The maximum Gasteiger partial charge on any atom is 0.0815 e. The molecule has 0 aromatic carbocycles. The summed E-state index contributed by atoms with van der Waals surface area (Å²) in [7, 11) is 2.66. The third-order valence-corrected chi connectivity index (χ3v) is 5.78. The van der Waals surface area contributed by atoms with Gasteiger partial charge in [0.05, 0.1) is 6.61 Å². The van der Waals surface area contributed by atoms with E-state index in [2.05, 4.69) is 28.1 Å². The fraction of sp³-hybridized carbons (Fsp3) is 1.00. The van der Waals surface area contributed by atoms with Crippen LogP contribution in [0, 0.1) is 0 Å². The maximum absolute atomic E-state index is 5.59. The smallest absolute Gasteiger partial charge is 0.0815 e. The Balaban J connectivity index is 1.96. The highest BCUT2D eigenvalue weighted by Gasteiger charge is 2.19. The Labute approximate surface area is 154 Å². The molecule has 0 aromatic heterocycles. The maximum atomic E-state index is 5.59. The third kappa shape index (κ3) is 11.0. The van der Waals surface area contributed by atoms with E-state index >= 15 is 0 Å². The highest BCUT2D eigenvalue weighted by atomic mass is 31.0. The van der Waals surface area contributed by atoms with Gasteiger partial charge >= 0.3 is 0 Å². The molecular weight excluding hydrogens is 315 g/mol. The molecule has 2 atom stereocenters. The van der Waals surface area contributed by atoms with Crippen LogP contribution in [0.1, 0.15) is 97.3 Å². The van der Waals surface area contributed by atoms with Gasteiger partial charge in [-0.2, -0.15) is 4.83 Å². The average molecular weight is 359 g/mol. The van der Waals surface area contributed by atoms with E-state index in [-0.39, 0.29) is 0 Å². The van der Waals surface area contributed by atoms with Gasteiger partial charge in [-0.1, -0.05) is 84.5 Å². The molecule has 24 heavy (non-hydrogen) atoms. The van der Waals surface area contributed by atoms with Gasteiger partial charge in [0.25, 0.3) is 0 Å². The average Bonchev–Trinajstić information content (AvgIpc) is 2.81. The van der Waals surface area contributed by atoms with Crippen molar-refractivity contribution in [1.29, 1.82) is 0 Å². The highest BCUT2D eigenvalue weighted by molar-refractivity contribution is 7.13. The van der Waals surface area contributed by atoms with E-state index in [1.807, 2.05) is 4.83 Å². The molecule has 2 unspecified atom stereocenters. The fourth-order valence-corrected chi connectivity index (χ4v) is 3.95. The van der Waals surface area contributed by atoms with Crippen LogP contribution < -0.4 is 0 Å². The molecule has 1 saturated heterocycles. The molecule has 1 rings (SSSR count). The second kappa shape index (κ2) is 15.6. The van der Waals surface area contributed by atoms with E-state index in [1.165, 1.54) is 83.5 Å². The molecule has 0 bridgehead atoms. The first kappa shape index (κ1) is 22.4. The van der Waals surface area contributed by atoms with Gasteiger partial charge < -0.3 is 0 Å². The van der Waals surface area contributed by atoms with Crippen LogP contribution in [-0.2, 0) is 4.84 Å². The Morgan fingerprint density at radius 2 is 1.38 bits per heavy atom. The standard InChI is InChI=1S/C20H43N2OP/c1-3-5-6-7-8-9-10-11-12-13-14-15-20(4-2)21-16-17-22(24)23-19-18-21/h20H,3-19,24H2,1-2H3. The van der Waals surface area contributed by atoms with Gasteiger partial charge in [0.1, 0.15) is 0 Å². The van der Waals surface area contributed by atoms with Crippen LogP contribution in [0.5, 0.6) is 0 Å². The summed E-state index contributed by atoms with van der Waals surface area (Å²) < 4.78 is 0. The lowest BCUT2D eigenvalue weighted by atomic mass is 10.0. The summed E-state index contributed by atoms with van der Waals surface area (Å²) >= 11 is 0. The minimum absolute atomic E-state index is 0.753. The summed E-state index contributed by atoms with van der Waals surface area (Å²) in [6, 6.07) is 0.753. The molecule has 144 valence electrons. The predicted molar refractivity (Wildman–Crippen MR) is 109 cm³/mol. The lowest BCUT2D eigenvalue weighted by Crippen LogP contribution is -2.38. The molecule has 1 aliphatic heterocycles. The van der Waals surface area contributed by atoms with Crippen molar-refractivity contribution in [3.05, 3.63) is 0 Å². The first-order valence-corrected chi connectivity index (χ1v) is 11.2. The minimum Gasteiger partial charge on any atom is -0.297 e. The number of hydrogen-bond acceptors (Lipinski definition) is 3. The Morgan fingerprint density at radius 3 is 1.96 bits per heavy atom.